The van der Waals surface area contributed by atoms with Crippen LogP contribution in [-0.4, -0.2) is 38.9 Å². The molecule has 0 aromatic heterocycles. The lowest BCUT2D eigenvalue weighted by molar-refractivity contribution is -0.126. The SMILES string of the molecule is CCC(=O)[C@H]1CNC[C@@](CCC=O)(CCOC)C1c1cccc(F)c1C. The molecule has 0 aliphatic carbocycles. The fourth-order valence-electron chi connectivity index (χ4n) is 4.47. The summed E-state index contributed by atoms with van der Waals surface area (Å²) < 4.78 is 19.7. The molecular weight excluding hydrogens is 333 g/mol. The molecule has 1 aliphatic rings. The Bertz CT molecular complexity index is 634. The summed E-state index contributed by atoms with van der Waals surface area (Å²) in [7, 11) is 1.65. The molecule has 1 aliphatic heterocycles. The topological polar surface area (TPSA) is 55.4 Å². The van der Waals surface area contributed by atoms with E-state index in [0.717, 1.165) is 18.3 Å². The second-order valence-electron chi connectivity index (χ2n) is 7.30. The zero-order chi connectivity index (χ0) is 19.2. The number of rotatable bonds is 9. The van der Waals surface area contributed by atoms with Crippen molar-refractivity contribution in [3.63, 3.8) is 0 Å². The number of Topliss-reactive ketones (excluding diaryl/α,β-unsaturated/α-hetero) is 1. The van der Waals surface area contributed by atoms with Gasteiger partial charge in [-0.15, -0.1) is 0 Å². The molecule has 0 amide bonds. The molecule has 144 valence electrons. The second kappa shape index (κ2) is 9.38. The van der Waals surface area contributed by atoms with E-state index in [-0.39, 0.29) is 28.9 Å². The maximum Gasteiger partial charge on any atom is 0.137 e. The minimum Gasteiger partial charge on any atom is -0.385 e. The molecule has 1 heterocycles. The van der Waals surface area contributed by atoms with Crippen molar-refractivity contribution in [3.05, 3.63) is 35.1 Å². The summed E-state index contributed by atoms with van der Waals surface area (Å²) in [4.78, 5) is 23.9. The number of ether oxygens (including phenoxy) is 1. The van der Waals surface area contributed by atoms with Crippen LogP contribution in [0.2, 0.25) is 0 Å². The summed E-state index contributed by atoms with van der Waals surface area (Å²) in [6, 6.07) is 5.11. The van der Waals surface area contributed by atoms with Gasteiger partial charge in [0.1, 0.15) is 17.9 Å². The van der Waals surface area contributed by atoms with Crippen LogP contribution in [0.25, 0.3) is 0 Å². The fourth-order valence-corrected chi connectivity index (χ4v) is 4.47. The van der Waals surface area contributed by atoms with E-state index in [2.05, 4.69) is 5.32 Å². The number of methoxy groups -OCH3 is 1. The van der Waals surface area contributed by atoms with Crippen LogP contribution < -0.4 is 5.32 Å². The van der Waals surface area contributed by atoms with Gasteiger partial charge in [-0.05, 0) is 42.4 Å². The largest absolute Gasteiger partial charge is 0.385 e. The minimum atomic E-state index is -0.316. The Labute approximate surface area is 155 Å². The van der Waals surface area contributed by atoms with Crippen molar-refractivity contribution in [1.29, 1.82) is 0 Å². The minimum absolute atomic E-state index is 0.123. The van der Waals surface area contributed by atoms with E-state index in [9.17, 15) is 14.0 Å². The number of hydrogen-bond donors (Lipinski definition) is 1. The third kappa shape index (κ3) is 4.21. The molecule has 1 aromatic rings. The standard InChI is InChI=1S/C21H30FNO3/c1-4-19(25)17-13-23-14-21(9-6-11-24,10-12-26-3)20(17)16-7-5-8-18(22)15(16)2/h5,7-8,11,17,20,23H,4,6,9-10,12-14H2,1-3H3/t17-,20?,21-/m1/s1. The van der Waals surface area contributed by atoms with E-state index in [1.807, 2.05) is 13.0 Å². The lowest BCUT2D eigenvalue weighted by Crippen LogP contribution is -2.53. The van der Waals surface area contributed by atoms with Crippen LogP contribution >= 0.6 is 0 Å². The monoisotopic (exact) mass is 363 g/mol. The molecule has 1 unspecified atom stereocenters. The summed E-state index contributed by atoms with van der Waals surface area (Å²) in [6.45, 7) is 5.47. The van der Waals surface area contributed by atoms with E-state index in [1.54, 1.807) is 20.1 Å². The van der Waals surface area contributed by atoms with Gasteiger partial charge in [0.15, 0.2) is 0 Å². The normalized spacial score (nSPS) is 25.8. The first-order valence-electron chi connectivity index (χ1n) is 9.41. The molecule has 5 heteroatoms. The Kier molecular flexibility index (Phi) is 7.47. The number of piperidine rings is 1. The quantitative estimate of drug-likeness (QED) is 0.683. The van der Waals surface area contributed by atoms with Gasteiger partial charge < -0.3 is 14.8 Å². The average Bonchev–Trinajstić information content (AvgIpc) is 2.66. The van der Waals surface area contributed by atoms with Gasteiger partial charge >= 0.3 is 0 Å². The molecule has 1 aromatic carbocycles. The Hall–Kier alpha value is -1.59. The van der Waals surface area contributed by atoms with Gasteiger partial charge in [-0.3, -0.25) is 4.79 Å². The molecular formula is C21H30FNO3. The van der Waals surface area contributed by atoms with Gasteiger partial charge in [0, 0.05) is 51.5 Å². The zero-order valence-electron chi connectivity index (χ0n) is 16.0. The number of carbonyl (C=O) groups is 2. The highest BCUT2D eigenvalue weighted by molar-refractivity contribution is 5.82. The van der Waals surface area contributed by atoms with Gasteiger partial charge in [0.05, 0.1) is 0 Å². The van der Waals surface area contributed by atoms with Gasteiger partial charge in [0.25, 0.3) is 0 Å². The van der Waals surface area contributed by atoms with E-state index < -0.39 is 0 Å². The summed E-state index contributed by atoms with van der Waals surface area (Å²) in [5, 5.41) is 3.41. The fraction of sp³-hybridized carbons (Fsp3) is 0.619. The first kappa shape index (κ1) is 20.7. The Balaban J connectivity index is 2.58. The lowest BCUT2D eigenvalue weighted by atomic mass is 9.59. The zero-order valence-corrected chi connectivity index (χ0v) is 16.0. The van der Waals surface area contributed by atoms with Gasteiger partial charge in [0.2, 0.25) is 0 Å². The van der Waals surface area contributed by atoms with Crippen molar-refractivity contribution in [2.24, 2.45) is 11.3 Å². The molecule has 1 N–H and O–H groups in total. The predicted octanol–water partition coefficient (Wildman–Crippen LogP) is 3.42. The Morgan fingerprint density at radius 3 is 2.85 bits per heavy atom. The van der Waals surface area contributed by atoms with Gasteiger partial charge in [-0.25, -0.2) is 4.39 Å². The number of carbonyl (C=O) groups excluding carboxylic acids is 2. The number of ketones is 1. The van der Waals surface area contributed by atoms with Crippen molar-refractivity contribution in [2.45, 2.75) is 45.4 Å². The van der Waals surface area contributed by atoms with Gasteiger partial charge in [-0.2, -0.15) is 0 Å². The molecule has 0 saturated carbocycles. The van der Waals surface area contributed by atoms with Crippen molar-refractivity contribution in [3.8, 4) is 0 Å². The molecule has 3 atom stereocenters. The van der Waals surface area contributed by atoms with Crippen molar-refractivity contribution in [2.75, 3.05) is 26.8 Å². The van der Waals surface area contributed by atoms with Crippen LogP contribution in [0, 0.1) is 24.1 Å². The van der Waals surface area contributed by atoms with E-state index in [0.29, 0.717) is 44.5 Å². The summed E-state index contributed by atoms with van der Waals surface area (Å²) in [5.41, 5.74) is 1.17. The highest BCUT2D eigenvalue weighted by atomic mass is 19.1. The molecule has 4 nitrogen and oxygen atoms in total. The van der Waals surface area contributed by atoms with Crippen LogP contribution in [-0.2, 0) is 14.3 Å². The number of aldehydes is 1. The second-order valence-corrected chi connectivity index (χ2v) is 7.30. The molecule has 0 bridgehead atoms. The molecule has 2 rings (SSSR count). The average molecular weight is 363 g/mol. The number of hydrogen-bond acceptors (Lipinski definition) is 4. The number of nitrogens with one attached hydrogen (secondary N) is 1. The summed E-state index contributed by atoms with van der Waals surface area (Å²) >= 11 is 0. The molecule has 1 fully saturated rings. The van der Waals surface area contributed by atoms with E-state index >= 15 is 0 Å². The van der Waals surface area contributed by atoms with Gasteiger partial charge in [-0.1, -0.05) is 19.1 Å². The van der Waals surface area contributed by atoms with Crippen LogP contribution in [0.1, 0.15) is 49.7 Å². The highest BCUT2D eigenvalue weighted by Crippen LogP contribution is 2.50. The Morgan fingerprint density at radius 1 is 1.42 bits per heavy atom. The third-order valence-corrected chi connectivity index (χ3v) is 5.87. The smallest absolute Gasteiger partial charge is 0.137 e. The number of halogens is 1. The predicted molar refractivity (Wildman–Crippen MR) is 99.8 cm³/mol. The van der Waals surface area contributed by atoms with E-state index in [4.69, 9.17) is 4.74 Å². The maximum atomic E-state index is 14.3. The molecule has 1 saturated heterocycles. The molecule has 0 radical (unpaired) electrons. The maximum absolute atomic E-state index is 14.3. The molecule has 0 spiro atoms. The van der Waals surface area contributed by atoms with Crippen molar-refractivity contribution in [1.82, 2.24) is 5.32 Å². The Morgan fingerprint density at radius 2 is 2.19 bits per heavy atom. The van der Waals surface area contributed by atoms with Crippen molar-refractivity contribution >= 4 is 12.1 Å². The van der Waals surface area contributed by atoms with Crippen LogP contribution in [0.3, 0.4) is 0 Å². The first-order chi connectivity index (χ1) is 12.5. The molecule has 26 heavy (non-hydrogen) atoms. The van der Waals surface area contributed by atoms with E-state index in [1.165, 1.54) is 6.07 Å². The summed E-state index contributed by atoms with van der Waals surface area (Å²) in [5.74, 6) is -0.418. The number of benzene rings is 1. The first-order valence-corrected chi connectivity index (χ1v) is 9.41. The highest BCUT2D eigenvalue weighted by Gasteiger charge is 2.48. The summed E-state index contributed by atoms with van der Waals surface area (Å²) in [6.07, 6.45) is 3.17. The lowest BCUT2D eigenvalue weighted by Gasteiger charge is -2.49. The third-order valence-electron chi connectivity index (χ3n) is 5.87. The van der Waals surface area contributed by atoms with Crippen LogP contribution in [0.5, 0.6) is 0 Å². The van der Waals surface area contributed by atoms with Crippen LogP contribution in [0.15, 0.2) is 18.2 Å². The van der Waals surface area contributed by atoms with Crippen LogP contribution in [0.4, 0.5) is 4.39 Å². The van der Waals surface area contributed by atoms with Crippen molar-refractivity contribution < 1.29 is 18.7 Å².